The highest BCUT2D eigenvalue weighted by Crippen LogP contribution is 2.23. The van der Waals surface area contributed by atoms with Gasteiger partial charge in [0.25, 0.3) is 0 Å². The molecular weight excluding hydrogens is 276 g/mol. The van der Waals surface area contributed by atoms with E-state index in [2.05, 4.69) is 4.98 Å². The average molecular weight is 295 g/mol. The fourth-order valence-electron chi connectivity index (χ4n) is 1.97. The second kappa shape index (κ2) is 5.83. The van der Waals surface area contributed by atoms with Crippen molar-refractivity contribution in [3.63, 3.8) is 0 Å². The fourth-order valence-corrected chi connectivity index (χ4v) is 2.13. The molecule has 0 spiro atoms. The summed E-state index contributed by atoms with van der Waals surface area (Å²) in [7, 11) is 0. The van der Waals surface area contributed by atoms with E-state index in [0.717, 1.165) is 17.7 Å². The lowest BCUT2D eigenvalue weighted by atomic mass is 10.0. The maximum atomic E-state index is 11.9. The first-order valence-electron chi connectivity index (χ1n) is 6.64. The number of pyridine rings is 1. The van der Waals surface area contributed by atoms with E-state index in [4.69, 9.17) is 16.3 Å². The molecule has 1 amide bonds. The van der Waals surface area contributed by atoms with Gasteiger partial charge in [0.1, 0.15) is 5.60 Å². The van der Waals surface area contributed by atoms with Crippen LogP contribution in [0.4, 0.5) is 4.79 Å². The zero-order valence-corrected chi connectivity index (χ0v) is 12.8. The number of hydrogen-bond donors (Lipinski definition) is 0. The predicted molar refractivity (Wildman–Crippen MR) is 79.6 cm³/mol. The Morgan fingerprint density at radius 1 is 1.45 bits per heavy atom. The lowest BCUT2D eigenvalue weighted by Crippen LogP contribution is -2.39. The number of rotatable bonds is 1. The highest BCUT2D eigenvalue weighted by Gasteiger charge is 2.24. The van der Waals surface area contributed by atoms with Crippen LogP contribution in [0.5, 0.6) is 0 Å². The van der Waals surface area contributed by atoms with Crippen molar-refractivity contribution < 1.29 is 9.53 Å². The van der Waals surface area contributed by atoms with E-state index >= 15 is 0 Å². The van der Waals surface area contributed by atoms with Crippen LogP contribution in [0.3, 0.4) is 0 Å². The fraction of sp³-hybridized carbons (Fsp3) is 0.467. The highest BCUT2D eigenvalue weighted by molar-refractivity contribution is 6.30. The number of hydrogen-bond acceptors (Lipinski definition) is 3. The molecule has 1 aliphatic heterocycles. The Morgan fingerprint density at radius 2 is 2.20 bits per heavy atom. The van der Waals surface area contributed by atoms with Gasteiger partial charge in [-0.05, 0) is 44.9 Å². The van der Waals surface area contributed by atoms with E-state index in [-0.39, 0.29) is 6.09 Å². The zero-order valence-electron chi connectivity index (χ0n) is 12.0. The van der Waals surface area contributed by atoms with E-state index in [1.165, 1.54) is 0 Å². The van der Waals surface area contributed by atoms with Gasteiger partial charge in [0.15, 0.2) is 0 Å². The molecule has 5 heteroatoms. The van der Waals surface area contributed by atoms with Crippen LogP contribution in [0.2, 0.25) is 5.02 Å². The summed E-state index contributed by atoms with van der Waals surface area (Å²) in [6.07, 6.45) is 4.18. The van der Waals surface area contributed by atoms with Crippen molar-refractivity contribution in [2.24, 2.45) is 0 Å². The van der Waals surface area contributed by atoms with Gasteiger partial charge >= 0.3 is 6.09 Å². The number of carbonyl (C=O) groups excluding carboxylic acids is 1. The van der Waals surface area contributed by atoms with Crippen molar-refractivity contribution >= 4 is 23.3 Å². The second-order valence-electron chi connectivity index (χ2n) is 5.77. The summed E-state index contributed by atoms with van der Waals surface area (Å²) < 4.78 is 5.36. The van der Waals surface area contributed by atoms with Crippen LogP contribution in [-0.2, 0) is 4.74 Å². The second-order valence-corrected chi connectivity index (χ2v) is 6.20. The van der Waals surface area contributed by atoms with Gasteiger partial charge in [-0.1, -0.05) is 17.7 Å². The molecule has 108 valence electrons. The normalized spacial score (nSPS) is 15.8. The van der Waals surface area contributed by atoms with E-state index in [9.17, 15) is 4.79 Å². The van der Waals surface area contributed by atoms with Gasteiger partial charge in [-0.25, -0.2) is 4.79 Å². The molecule has 0 N–H and O–H groups in total. The van der Waals surface area contributed by atoms with E-state index in [1.807, 2.05) is 32.9 Å². The Kier molecular flexibility index (Phi) is 4.33. The molecule has 0 aromatic carbocycles. The molecule has 0 unspecified atom stereocenters. The molecule has 20 heavy (non-hydrogen) atoms. The number of aromatic nitrogens is 1. The summed E-state index contributed by atoms with van der Waals surface area (Å²) in [5.74, 6) is 0. The molecule has 4 nitrogen and oxygen atoms in total. The van der Waals surface area contributed by atoms with Gasteiger partial charge in [0, 0.05) is 24.3 Å². The number of nitrogens with zero attached hydrogens (tertiary/aromatic N) is 2. The minimum absolute atomic E-state index is 0.271. The van der Waals surface area contributed by atoms with Gasteiger partial charge in [0.2, 0.25) is 0 Å². The largest absolute Gasteiger partial charge is 0.444 e. The van der Waals surface area contributed by atoms with Crippen molar-refractivity contribution in [1.29, 1.82) is 0 Å². The monoisotopic (exact) mass is 294 g/mol. The number of ether oxygens (including phenoxy) is 1. The summed E-state index contributed by atoms with van der Waals surface area (Å²) in [6, 6.07) is 3.60. The first-order valence-corrected chi connectivity index (χ1v) is 7.02. The van der Waals surface area contributed by atoms with Crippen LogP contribution in [0.1, 0.15) is 32.9 Å². The van der Waals surface area contributed by atoms with Crippen LogP contribution in [-0.4, -0.2) is 34.7 Å². The smallest absolute Gasteiger partial charge is 0.410 e. The van der Waals surface area contributed by atoms with Crippen LogP contribution in [0.25, 0.3) is 5.57 Å². The SMILES string of the molecule is CC(C)(C)OC(=O)N1CC=C(c2cc(Cl)ccn2)CC1. The number of amides is 1. The minimum atomic E-state index is -0.463. The third-order valence-corrected chi connectivity index (χ3v) is 3.15. The van der Waals surface area contributed by atoms with Crippen LogP contribution in [0.15, 0.2) is 24.4 Å². The van der Waals surface area contributed by atoms with E-state index in [0.29, 0.717) is 18.1 Å². The molecule has 0 atom stereocenters. The molecule has 1 aliphatic rings. The topological polar surface area (TPSA) is 42.4 Å². The van der Waals surface area contributed by atoms with Gasteiger partial charge in [-0.2, -0.15) is 0 Å². The summed E-state index contributed by atoms with van der Waals surface area (Å²) in [5.41, 5.74) is 1.53. The molecule has 0 saturated heterocycles. The molecular formula is C15H19ClN2O2. The van der Waals surface area contributed by atoms with Crippen molar-refractivity contribution in [3.8, 4) is 0 Å². The van der Waals surface area contributed by atoms with E-state index in [1.54, 1.807) is 17.2 Å². The predicted octanol–water partition coefficient (Wildman–Crippen LogP) is 3.76. The first-order chi connectivity index (χ1) is 9.35. The summed E-state index contributed by atoms with van der Waals surface area (Å²) in [6.45, 7) is 6.78. The summed E-state index contributed by atoms with van der Waals surface area (Å²) >= 11 is 5.96. The van der Waals surface area contributed by atoms with Gasteiger partial charge in [-0.3, -0.25) is 4.98 Å². The summed E-state index contributed by atoms with van der Waals surface area (Å²) in [5, 5.41) is 0.672. The van der Waals surface area contributed by atoms with Crippen molar-refractivity contribution in [3.05, 3.63) is 35.1 Å². The highest BCUT2D eigenvalue weighted by atomic mass is 35.5. The van der Waals surface area contributed by atoms with Crippen LogP contribution >= 0.6 is 11.6 Å². The average Bonchev–Trinajstić information content (AvgIpc) is 2.37. The Balaban J connectivity index is 2.02. The molecule has 0 aliphatic carbocycles. The van der Waals surface area contributed by atoms with Gasteiger partial charge in [-0.15, -0.1) is 0 Å². The first kappa shape index (κ1) is 14.9. The van der Waals surface area contributed by atoms with Crippen molar-refractivity contribution in [1.82, 2.24) is 9.88 Å². The molecule has 0 radical (unpaired) electrons. The molecule has 2 rings (SSSR count). The Morgan fingerprint density at radius 3 is 2.75 bits per heavy atom. The van der Waals surface area contributed by atoms with Crippen LogP contribution < -0.4 is 0 Å². The van der Waals surface area contributed by atoms with E-state index < -0.39 is 5.60 Å². The third-order valence-electron chi connectivity index (χ3n) is 2.91. The molecule has 0 fully saturated rings. The lowest BCUT2D eigenvalue weighted by Gasteiger charge is -2.29. The molecule has 1 aromatic rings. The van der Waals surface area contributed by atoms with Gasteiger partial charge in [0.05, 0.1) is 5.69 Å². The van der Waals surface area contributed by atoms with Crippen molar-refractivity contribution in [2.75, 3.05) is 13.1 Å². The maximum absolute atomic E-state index is 11.9. The third kappa shape index (κ3) is 3.97. The molecule has 1 aromatic heterocycles. The number of halogens is 1. The Bertz CT molecular complexity index is 535. The lowest BCUT2D eigenvalue weighted by molar-refractivity contribution is 0.0270. The molecule has 0 saturated carbocycles. The minimum Gasteiger partial charge on any atom is -0.444 e. The zero-order chi connectivity index (χ0) is 14.8. The van der Waals surface area contributed by atoms with Crippen molar-refractivity contribution in [2.45, 2.75) is 32.8 Å². The quantitative estimate of drug-likeness (QED) is 0.792. The van der Waals surface area contributed by atoms with Crippen LogP contribution in [0, 0.1) is 0 Å². The Hall–Kier alpha value is -1.55. The van der Waals surface area contributed by atoms with Gasteiger partial charge < -0.3 is 9.64 Å². The molecule has 2 heterocycles. The Labute approximate surface area is 124 Å². The summed E-state index contributed by atoms with van der Waals surface area (Å²) in [4.78, 5) is 17.9. The maximum Gasteiger partial charge on any atom is 0.410 e. The molecule has 0 bridgehead atoms. The number of carbonyl (C=O) groups is 1. The standard InChI is InChI=1S/C15H19ClN2O2/c1-15(2,3)20-14(19)18-8-5-11(6-9-18)13-10-12(16)4-7-17-13/h4-5,7,10H,6,8-9H2,1-3H3.